The Morgan fingerprint density at radius 3 is 2.68 bits per heavy atom. The maximum absolute atomic E-state index is 12.1. The van der Waals surface area contributed by atoms with Gasteiger partial charge in [-0.2, -0.15) is 10.1 Å². The first-order valence-electron chi connectivity index (χ1n) is 7.29. The maximum Gasteiger partial charge on any atom is 0.252 e. The fraction of sp³-hybridized carbons (Fsp3) is 0.533. The predicted octanol–water partition coefficient (Wildman–Crippen LogP) is 1.11. The summed E-state index contributed by atoms with van der Waals surface area (Å²) in [6.07, 6.45) is 2.85. The topological polar surface area (TPSA) is 80.5 Å². The highest BCUT2D eigenvalue weighted by atomic mass is 16.2. The normalized spacial score (nSPS) is 10.9. The number of hydrogen-bond donors (Lipinski definition) is 0. The lowest BCUT2D eigenvalue weighted by Crippen LogP contribution is -2.29. The number of carbonyl (C=O) groups is 2. The largest absolute Gasteiger partial charge is 0.345 e. The zero-order valence-electron chi connectivity index (χ0n) is 13.5. The lowest BCUT2D eigenvalue weighted by Gasteiger charge is -2.17. The van der Waals surface area contributed by atoms with Crippen molar-refractivity contribution in [1.29, 1.82) is 0 Å². The van der Waals surface area contributed by atoms with Crippen LogP contribution in [0.15, 0.2) is 6.33 Å². The number of hydrogen-bond acceptors (Lipinski definition) is 5. The second kappa shape index (κ2) is 6.64. The van der Waals surface area contributed by atoms with E-state index in [-0.39, 0.29) is 11.7 Å². The zero-order valence-corrected chi connectivity index (χ0v) is 13.5. The van der Waals surface area contributed by atoms with Crippen LogP contribution >= 0.6 is 0 Å². The number of aromatic nitrogens is 4. The monoisotopic (exact) mass is 303 g/mol. The number of rotatable bonds is 6. The van der Waals surface area contributed by atoms with Gasteiger partial charge in [0, 0.05) is 37.8 Å². The van der Waals surface area contributed by atoms with Crippen molar-refractivity contribution in [2.24, 2.45) is 0 Å². The maximum atomic E-state index is 12.1. The molecule has 118 valence electrons. The molecule has 0 N–H and O–H groups in total. The molecule has 7 nitrogen and oxygen atoms in total. The Labute approximate surface area is 129 Å². The third kappa shape index (κ3) is 3.47. The second-order valence-electron chi connectivity index (χ2n) is 5.50. The summed E-state index contributed by atoms with van der Waals surface area (Å²) in [7, 11) is 1.73. The summed E-state index contributed by atoms with van der Waals surface area (Å²) in [5.74, 6) is 0.689. The molecule has 0 spiro atoms. The van der Waals surface area contributed by atoms with E-state index in [1.54, 1.807) is 16.5 Å². The molecule has 1 amide bonds. The molecule has 2 aromatic heterocycles. The highest BCUT2D eigenvalue weighted by Crippen LogP contribution is 2.15. The number of ketones is 1. The third-order valence-corrected chi connectivity index (χ3v) is 3.80. The summed E-state index contributed by atoms with van der Waals surface area (Å²) in [6, 6.07) is 0. The second-order valence-corrected chi connectivity index (χ2v) is 5.50. The first-order valence-corrected chi connectivity index (χ1v) is 7.29. The van der Waals surface area contributed by atoms with Crippen LogP contribution in [0.3, 0.4) is 0 Å². The van der Waals surface area contributed by atoms with Gasteiger partial charge in [0.25, 0.3) is 5.78 Å². The fourth-order valence-electron chi connectivity index (χ4n) is 2.39. The molecule has 0 aliphatic carbocycles. The smallest absolute Gasteiger partial charge is 0.252 e. The van der Waals surface area contributed by atoms with Crippen LogP contribution in [-0.4, -0.2) is 49.8 Å². The van der Waals surface area contributed by atoms with Crippen molar-refractivity contribution in [3.05, 3.63) is 23.3 Å². The van der Waals surface area contributed by atoms with Crippen molar-refractivity contribution in [2.45, 2.75) is 40.0 Å². The molecule has 0 aliphatic heterocycles. The van der Waals surface area contributed by atoms with Crippen molar-refractivity contribution in [3.63, 3.8) is 0 Å². The van der Waals surface area contributed by atoms with Gasteiger partial charge in [-0.05, 0) is 32.8 Å². The Hall–Kier alpha value is -2.31. The Balaban J connectivity index is 2.05. The van der Waals surface area contributed by atoms with Crippen LogP contribution in [0.2, 0.25) is 0 Å². The van der Waals surface area contributed by atoms with E-state index in [0.717, 1.165) is 17.0 Å². The van der Waals surface area contributed by atoms with E-state index in [9.17, 15) is 9.59 Å². The number of nitrogens with zero attached hydrogens (tertiary/aromatic N) is 5. The number of Topliss-reactive ketones (excluding diaryl/α,β-unsaturated/α-hetero) is 1. The molecule has 7 heteroatoms. The average molecular weight is 303 g/mol. The summed E-state index contributed by atoms with van der Waals surface area (Å²) < 4.78 is 1.69. The lowest BCUT2D eigenvalue weighted by molar-refractivity contribution is -0.130. The van der Waals surface area contributed by atoms with Gasteiger partial charge in [0.05, 0.1) is 0 Å². The molecule has 0 fully saturated rings. The summed E-state index contributed by atoms with van der Waals surface area (Å²) in [5.41, 5.74) is 2.85. The van der Waals surface area contributed by atoms with Gasteiger partial charge in [0.2, 0.25) is 5.91 Å². The van der Waals surface area contributed by atoms with Crippen LogP contribution in [0.25, 0.3) is 5.78 Å². The van der Waals surface area contributed by atoms with Crippen LogP contribution in [0.4, 0.5) is 0 Å². The molecule has 22 heavy (non-hydrogen) atoms. The van der Waals surface area contributed by atoms with Crippen molar-refractivity contribution < 1.29 is 9.59 Å². The Morgan fingerprint density at radius 2 is 2.00 bits per heavy atom. The average Bonchev–Trinajstić information content (AvgIpc) is 2.92. The van der Waals surface area contributed by atoms with Crippen LogP contribution in [0.5, 0.6) is 0 Å². The summed E-state index contributed by atoms with van der Waals surface area (Å²) >= 11 is 0. The van der Waals surface area contributed by atoms with Gasteiger partial charge in [-0.25, -0.2) is 9.50 Å². The molecule has 0 atom stereocenters. The Morgan fingerprint density at radius 1 is 1.27 bits per heavy atom. The van der Waals surface area contributed by atoms with Gasteiger partial charge in [-0.15, -0.1) is 0 Å². The molecule has 0 unspecified atom stereocenters. The molecule has 2 aromatic rings. The number of aryl methyl sites for hydroxylation is 2. The van der Waals surface area contributed by atoms with Crippen molar-refractivity contribution in [1.82, 2.24) is 24.5 Å². The van der Waals surface area contributed by atoms with Gasteiger partial charge in [0.15, 0.2) is 0 Å². The first-order chi connectivity index (χ1) is 10.4. The van der Waals surface area contributed by atoms with Crippen molar-refractivity contribution in [3.8, 4) is 0 Å². The standard InChI is InChI=1S/C15H21N5O2/c1-10(21)7-8-19(4)14(22)6-5-13-11(2)18-15-16-9-17-20(15)12(13)3/h9H,5-8H2,1-4H3. The molecule has 0 radical (unpaired) electrons. The van der Waals surface area contributed by atoms with E-state index in [2.05, 4.69) is 15.1 Å². The highest BCUT2D eigenvalue weighted by molar-refractivity contribution is 5.78. The minimum absolute atomic E-state index is 0.0266. The zero-order chi connectivity index (χ0) is 16.3. The minimum atomic E-state index is 0.0266. The molecule has 0 saturated carbocycles. The van der Waals surface area contributed by atoms with Crippen LogP contribution < -0.4 is 0 Å². The number of amides is 1. The van der Waals surface area contributed by atoms with E-state index in [0.29, 0.717) is 31.6 Å². The first kappa shape index (κ1) is 16.1. The predicted molar refractivity (Wildman–Crippen MR) is 81.5 cm³/mol. The summed E-state index contributed by atoms with van der Waals surface area (Å²) in [6.45, 7) is 5.87. The van der Waals surface area contributed by atoms with Gasteiger partial charge in [0.1, 0.15) is 12.1 Å². The molecular formula is C15H21N5O2. The van der Waals surface area contributed by atoms with Gasteiger partial charge >= 0.3 is 0 Å². The van der Waals surface area contributed by atoms with Gasteiger partial charge in [-0.1, -0.05) is 0 Å². The quantitative estimate of drug-likeness (QED) is 0.798. The van der Waals surface area contributed by atoms with E-state index in [1.807, 2.05) is 13.8 Å². The van der Waals surface area contributed by atoms with Crippen LogP contribution in [-0.2, 0) is 16.0 Å². The molecule has 0 saturated heterocycles. The number of fused-ring (bicyclic) bond motifs is 1. The van der Waals surface area contributed by atoms with Crippen LogP contribution in [0, 0.1) is 13.8 Å². The molecule has 0 aliphatic rings. The highest BCUT2D eigenvalue weighted by Gasteiger charge is 2.14. The van der Waals surface area contributed by atoms with Crippen molar-refractivity contribution >= 4 is 17.5 Å². The van der Waals surface area contributed by atoms with Crippen molar-refractivity contribution in [2.75, 3.05) is 13.6 Å². The molecule has 0 bridgehead atoms. The summed E-state index contributed by atoms with van der Waals surface area (Å²) in [4.78, 5) is 33.2. The molecule has 0 aromatic carbocycles. The lowest BCUT2D eigenvalue weighted by atomic mass is 10.1. The fourth-order valence-corrected chi connectivity index (χ4v) is 2.39. The van der Waals surface area contributed by atoms with E-state index >= 15 is 0 Å². The molecule has 2 heterocycles. The summed E-state index contributed by atoms with van der Waals surface area (Å²) in [5, 5.41) is 4.14. The Kier molecular flexibility index (Phi) is 4.85. The molecule has 2 rings (SSSR count). The Bertz CT molecular complexity index is 707. The minimum Gasteiger partial charge on any atom is -0.345 e. The van der Waals surface area contributed by atoms with Gasteiger partial charge in [-0.3, -0.25) is 9.59 Å². The SMILES string of the molecule is CC(=O)CCN(C)C(=O)CCc1c(C)nc2ncnn2c1C. The van der Waals surface area contributed by atoms with Gasteiger partial charge < -0.3 is 4.90 Å². The van der Waals surface area contributed by atoms with Crippen LogP contribution in [0.1, 0.15) is 36.7 Å². The number of carbonyl (C=O) groups excluding carboxylic acids is 2. The third-order valence-electron chi connectivity index (χ3n) is 3.80. The van der Waals surface area contributed by atoms with E-state index in [1.165, 1.54) is 13.3 Å². The molecular weight excluding hydrogens is 282 g/mol. The van der Waals surface area contributed by atoms with E-state index in [4.69, 9.17) is 0 Å². The van der Waals surface area contributed by atoms with E-state index < -0.39 is 0 Å².